The van der Waals surface area contributed by atoms with Gasteiger partial charge in [-0.3, -0.25) is 0 Å². The summed E-state index contributed by atoms with van der Waals surface area (Å²) in [5, 5.41) is 19.5. The van der Waals surface area contributed by atoms with Gasteiger partial charge in [0.25, 0.3) is 0 Å². The van der Waals surface area contributed by atoms with Gasteiger partial charge in [0.1, 0.15) is 12.0 Å². The van der Waals surface area contributed by atoms with Crippen molar-refractivity contribution in [1.29, 1.82) is 5.39 Å². The number of nitrogens with zero attached hydrogens (tertiary/aromatic N) is 2. The Labute approximate surface area is 119 Å². The number of hydrogen-bond acceptors (Lipinski definition) is 4. The summed E-state index contributed by atoms with van der Waals surface area (Å²) in [6.45, 7) is 4.13. The van der Waals surface area contributed by atoms with Crippen molar-refractivity contribution >= 4 is 11.8 Å². The van der Waals surface area contributed by atoms with Crippen LogP contribution in [0.5, 0.6) is 0 Å². The van der Waals surface area contributed by atoms with Crippen LogP contribution in [-0.4, -0.2) is 22.2 Å². The fourth-order valence-electron chi connectivity index (χ4n) is 2.95. The van der Waals surface area contributed by atoms with Gasteiger partial charge in [0, 0.05) is 11.0 Å². The molecule has 1 heterocycles. The Morgan fingerprint density at radius 2 is 2.05 bits per heavy atom. The van der Waals surface area contributed by atoms with Crippen LogP contribution in [0.2, 0.25) is 0 Å². The van der Waals surface area contributed by atoms with Crippen molar-refractivity contribution in [1.82, 2.24) is 0 Å². The highest BCUT2D eigenvalue weighted by Crippen LogP contribution is 2.39. The summed E-state index contributed by atoms with van der Waals surface area (Å²) in [6.07, 6.45) is 6.49. The number of aliphatic hydroxyl groups is 1. The summed E-state index contributed by atoms with van der Waals surface area (Å²) < 4.78 is 5.45. The third-order valence-corrected chi connectivity index (χ3v) is 5.54. The molecular weight excluding hydrogens is 260 g/mol. The Morgan fingerprint density at radius 3 is 2.63 bits per heavy atom. The van der Waals surface area contributed by atoms with E-state index >= 15 is 0 Å². The van der Waals surface area contributed by atoms with Gasteiger partial charge in [-0.25, -0.2) is 0 Å². The third-order valence-electron chi connectivity index (χ3n) is 4.04. The zero-order chi connectivity index (χ0) is 13.8. The van der Waals surface area contributed by atoms with Gasteiger partial charge in [0.05, 0.1) is 0 Å². The van der Waals surface area contributed by atoms with Crippen LogP contribution in [-0.2, 0) is 4.74 Å². The average Bonchev–Trinajstić information content (AvgIpc) is 2.74. The summed E-state index contributed by atoms with van der Waals surface area (Å²) in [5.41, 5.74) is 0.321. The number of hydrogen-bond donors (Lipinski definition) is 1. The first-order chi connectivity index (χ1) is 9.13. The summed E-state index contributed by atoms with van der Waals surface area (Å²) >= 11 is 1.94. The summed E-state index contributed by atoms with van der Waals surface area (Å²) in [6, 6.07) is 0. The number of diazo groups is 1. The highest BCUT2D eigenvalue weighted by Gasteiger charge is 2.48. The van der Waals surface area contributed by atoms with E-state index in [-0.39, 0.29) is 18.0 Å². The minimum absolute atomic E-state index is 0.00285. The van der Waals surface area contributed by atoms with Crippen molar-refractivity contribution in [2.24, 2.45) is 11.8 Å². The maximum absolute atomic E-state index is 9.71. The second-order valence-electron chi connectivity index (χ2n) is 5.82. The Morgan fingerprint density at radius 1 is 1.37 bits per heavy atom. The molecule has 0 amide bonds. The Hall–Kier alpha value is -0.890. The summed E-state index contributed by atoms with van der Waals surface area (Å²) in [7, 11) is 0. The second-order valence-corrected chi connectivity index (χ2v) is 7.15. The molecule has 1 N–H and O–H groups in total. The quantitative estimate of drug-likeness (QED) is 0.781. The molecular formula is C14H23N2O2S+. The van der Waals surface area contributed by atoms with Gasteiger partial charge in [0.15, 0.2) is 4.98 Å². The summed E-state index contributed by atoms with van der Waals surface area (Å²) in [5.74, 6) is 0.947. The van der Waals surface area contributed by atoms with E-state index in [0.29, 0.717) is 16.9 Å². The normalized spacial score (nSPS) is 28.5. The molecule has 5 heteroatoms. The topological polar surface area (TPSA) is 57.6 Å². The third kappa shape index (κ3) is 3.36. The predicted octanol–water partition coefficient (Wildman–Crippen LogP) is 4.30. The molecule has 1 fully saturated rings. The standard InChI is InChI=1S/C14H22N2O2S/c1-9(2)13-11(12(16-15)14(17)18-13)8-19-10-6-4-3-5-7-10/h9-11,13H,3-8H2,1-2H3/p+1/t11-,13+/m0/s1. The van der Waals surface area contributed by atoms with E-state index < -0.39 is 0 Å². The minimum Gasteiger partial charge on any atom is -0.475 e. The van der Waals surface area contributed by atoms with Crippen LogP contribution < -0.4 is 0 Å². The average molecular weight is 283 g/mol. The van der Waals surface area contributed by atoms with E-state index in [1.807, 2.05) is 11.8 Å². The van der Waals surface area contributed by atoms with E-state index in [0.717, 1.165) is 5.75 Å². The maximum Gasteiger partial charge on any atom is 0.448 e. The number of rotatable bonds is 4. The Bertz CT molecular complexity index is 383. The van der Waals surface area contributed by atoms with Crippen molar-refractivity contribution < 1.29 is 9.84 Å². The Kier molecular flexibility index (Phi) is 4.98. The molecule has 1 aliphatic carbocycles. The number of thioether (sulfide) groups is 1. The lowest BCUT2D eigenvalue weighted by Gasteiger charge is -2.24. The SMILES string of the molecule is CC(C)[C@H]1OC(O)=C([N+]#N)[C@@H]1CSC1CCCCC1. The predicted molar refractivity (Wildman–Crippen MR) is 77.3 cm³/mol. The van der Waals surface area contributed by atoms with E-state index in [1.165, 1.54) is 32.1 Å². The van der Waals surface area contributed by atoms with Gasteiger partial charge in [-0.1, -0.05) is 33.1 Å². The lowest BCUT2D eigenvalue weighted by Crippen LogP contribution is -2.27. The molecule has 2 atom stereocenters. The van der Waals surface area contributed by atoms with E-state index in [9.17, 15) is 5.11 Å². The fraction of sp³-hybridized carbons (Fsp3) is 0.857. The number of ether oxygens (including phenoxy) is 1. The Balaban J connectivity index is 1.96. The second kappa shape index (κ2) is 6.51. The molecule has 0 saturated heterocycles. The van der Waals surface area contributed by atoms with Gasteiger partial charge in [-0.15, -0.1) is 0 Å². The molecule has 0 spiro atoms. The molecule has 1 saturated carbocycles. The first-order valence-electron chi connectivity index (χ1n) is 7.20. The molecule has 0 aromatic heterocycles. The molecule has 0 radical (unpaired) electrons. The first kappa shape index (κ1) is 14.5. The first-order valence-corrected chi connectivity index (χ1v) is 8.24. The largest absolute Gasteiger partial charge is 0.475 e. The van der Waals surface area contributed by atoms with Crippen molar-refractivity contribution in [3.05, 3.63) is 16.6 Å². The zero-order valence-electron chi connectivity index (χ0n) is 11.7. The molecule has 0 aromatic carbocycles. The lowest BCUT2D eigenvalue weighted by molar-refractivity contribution is 0.0181. The monoisotopic (exact) mass is 283 g/mol. The van der Waals surface area contributed by atoms with Crippen LogP contribution in [0.25, 0.3) is 4.98 Å². The van der Waals surface area contributed by atoms with Crippen molar-refractivity contribution in [3.8, 4) is 0 Å². The van der Waals surface area contributed by atoms with Crippen molar-refractivity contribution in [3.63, 3.8) is 0 Å². The maximum atomic E-state index is 9.71. The van der Waals surface area contributed by atoms with Crippen LogP contribution in [0.3, 0.4) is 0 Å². The van der Waals surface area contributed by atoms with Crippen LogP contribution in [0.1, 0.15) is 46.0 Å². The fourth-order valence-corrected chi connectivity index (χ4v) is 4.44. The summed E-state index contributed by atoms with van der Waals surface area (Å²) in [4.78, 5) is 3.24. The minimum atomic E-state index is -0.199. The zero-order valence-corrected chi connectivity index (χ0v) is 12.5. The van der Waals surface area contributed by atoms with Crippen molar-refractivity contribution in [2.75, 3.05) is 5.75 Å². The van der Waals surface area contributed by atoms with Gasteiger partial charge in [0.2, 0.25) is 5.39 Å². The van der Waals surface area contributed by atoms with E-state index in [4.69, 9.17) is 10.1 Å². The van der Waals surface area contributed by atoms with Crippen LogP contribution in [0.15, 0.2) is 11.6 Å². The van der Waals surface area contributed by atoms with Gasteiger partial charge in [-0.2, -0.15) is 11.8 Å². The smallest absolute Gasteiger partial charge is 0.448 e. The molecule has 0 bridgehead atoms. The van der Waals surface area contributed by atoms with E-state index in [2.05, 4.69) is 18.8 Å². The molecule has 4 nitrogen and oxygen atoms in total. The van der Waals surface area contributed by atoms with Crippen LogP contribution in [0.4, 0.5) is 0 Å². The molecule has 106 valence electrons. The van der Waals surface area contributed by atoms with Crippen molar-refractivity contribution in [2.45, 2.75) is 57.3 Å². The van der Waals surface area contributed by atoms with Gasteiger partial charge >= 0.3 is 11.6 Å². The van der Waals surface area contributed by atoms with Crippen LogP contribution >= 0.6 is 11.8 Å². The van der Waals surface area contributed by atoms with E-state index in [1.54, 1.807) is 0 Å². The van der Waals surface area contributed by atoms with Gasteiger partial charge < -0.3 is 9.84 Å². The highest BCUT2D eigenvalue weighted by atomic mass is 32.2. The molecule has 1 aliphatic heterocycles. The number of aliphatic hydroxyl groups excluding tert-OH is 1. The van der Waals surface area contributed by atoms with Crippen LogP contribution in [0, 0.1) is 17.2 Å². The molecule has 19 heavy (non-hydrogen) atoms. The molecule has 2 aliphatic rings. The lowest BCUT2D eigenvalue weighted by atomic mass is 9.94. The highest BCUT2D eigenvalue weighted by molar-refractivity contribution is 7.99. The molecule has 0 unspecified atom stereocenters. The molecule has 0 aromatic rings. The van der Waals surface area contributed by atoms with Gasteiger partial charge in [-0.05, 0) is 18.8 Å². The molecule has 2 rings (SSSR count).